The number of rotatable bonds is 5. The molecule has 4 bridgehead atoms. The molecule has 4 N–H and O–H groups in total. The van der Waals surface area contributed by atoms with Crippen molar-refractivity contribution in [2.24, 2.45) is 23.2 Å². The van der Waals surface area contributed by atoms with Gasteiger partial charge in [0.15, 0.2) is 5.82 Å². The molecule has 0 spiro atoms. The van der Waals surface area contributed by atoms with Crippen molar-refractivity contribution in [2.45, 2.75) is 44.4 Å². The van der Waals surface area contributed by atoms with Gasteiger partial charge in [-0.3, -0.25) is 0 Å². The molecule has 192 valence electrons. The van der Waals surface area contributed by atoms with Crippen LogP contribution in [0.5, 0.6) is 5.75 Å². The number of phenolic OH excluding ortho intramolecular Hbond substituents is 1. The number of nitrogens with one attached hydrogen (secondary N) is 1. The minimum absolute atomic E-state index is 0.202. The maximum atomic E-state index is 10.3. The Hall–Kier alpha value is -3.26. The van der Waals surface area contributed by atoms with Crippen LogP contribution in [-0.2, 0) is 6.42 Å². The highest BCUT2D eigenvalue weighted by molar-refractivity contribution is 5.74. The maximum Gasteiger partial charge on any atom is 0.169 e. The van der Waals surface area contributed by atoms with E-state index in [-0.39, 0.29) is 5.75 Å². The van der Waals surface area contributed by atoms with Crippen LogP contribution in [0.2, 0.25) is 0 Å². The first kappa shape index (κ1) is 22.9. The Morgan fingerprint density at radius 2 is 1.89 bits per heavy atom. The number of hydrogen-bond donors (Lipinski definition) is 3. The predicted octanol–water partition coefficient (Wildman–Crippen LogP) is 3.78. The van der Waals surface area contributed by atoms with Crippen LogP contribution in [0.3, 0.4) is 0 Å². The topological polar surface area (TPSA) is 113 Å². The van der Waals surface area contributed by atoms with E-state index in [2.05, 4.69) is 32.8 Å². The van der Waals surface area contributed by atoms with Gasteiger partial charge in [0.1, 0.15) is 11.6 Å². The Morgan fingerprint density at radius 1 is 1.08 bits per heavy atom. The summed E-state index contributed by atoms with van der Waals surface area (Å²) >= 11 is 0. The summed E-state index contributed by atoms with van der Waals surface area (Å²) in [5.74, 6) is 4.42. The average molecular weight is 498 g/mol. The van der Waals surface area contributed by atoms with Gasteiger partial charge in [-0.2, -0.15) is 0 Å². The molecule has 0 radical (unpaired) electrons. The highest BCUT2D eigenvalue weighted by Gasteiger charge is 2.66. The zero-order valence-electron chi connectivity index (χ0n) is 21.2. The monoisotopic (exact) mass is 497 g/mol. The summed E-state index contributed by atoms with van der Waals surface area (Å²) in [4.78, 5) is 12.1. The lowest BCUT2D eigenvalue weighted by Crippen LogP contribution is -2.67. The van der Waals surface area contributed by atoms with Crippen molar-refractivity contribution in [1.82, 2.24) is 25.5 Å². The number of piperidine rings is 1. The predicted molar refractivity (Wildman–Crippen MR) is 143 cm³/mol. The van der Waals surface area contributed by atoms with E-state index in [0.29, 0.717) is 34.3 Å². The van der Waals surface area contributed by atoms with Crippen molar-refractivity contribution in [3.8, 4) is 17.0 Å². The summed E-state index contributed by atoms with van der Waals surface area (Å²) in [6.45, 7) is 4.11. The summed E-state index contributed by atoms with van der Waals surface area (Å²) in [7, 11) is 0. The van der Waals surface area contributed by atoms with E-state index < -0.39 is 0 Å². The molecular formula is C29H35N7O. The number of para-hydroxylation sites is 1. The summed E-state index contributed by atoms with van der Waals surface area (Å²) in [6, 6.07) is 9.25. The highest BCUT2D eigenvalue weighted by Crippen LogP contribution is 2.70. The Bertz CT molecular complexity index is 1290. The Labute approximate surface area is 217 Å². The van der Waals surface area contributed by atoms with Crippen molar-refractivity contribution in [3.05, 3.63) is 54.1 Å². The number of benzene rings is 1. The summed E-state index contributed by atoms with van der Waals surface area (Å²) in [5.41, 5.74) is 10.2. The quantitative estimate of drug-likeness (QED) is 0.488. The van der Waals surface area contributed by atoms with Gasteiger partial charge in [-0.25, -0.2) is 9.97 Å². The van der Waals surface area contributed by atoms with Crippen molar-refractivity contribution in [3.63, 3.8) is 0 Å². The number of nitrogen functional groups attached to an aromatic ring is 1. The number of hydrogen-bond acceptors (Lipinski definition) is 8. The fraction of sp³-hybridized carbons (Fsp3) is 0.517. The molecule has 8 nitrogen and oxygen atoms in total. The Kier molecular flexibility index (Phi) is 5.53. The van der Waals surface area contributed by atoms with Gasteiger partial charge < -0.3 is 21.1 Å². The van der Waals surface area contributed by atoms with Crippen LogP contribution in [-0.4, -0.2) is 51.5 Å². The minimum atomic E-state index is 0.202. The fourth-order valence-electron chi connectivity index (χ4n) is 7.76. The standard InChI is InChI=1S/C29H35N7O/c30-28-25(12-24(34-35-28)22-3-1-2-4-26(22)37)36-10-7-19-13-29(21(17-36)11-23(19)29)14-27-32-15-20(16-33-27)18-5-8-31-9-6-18/h1-4,12,15-16,18-19,21,23,31,37H,5-11,13-14,17H2,(H2,30,35). The zero-order valence-corrected chi connectivity index (χ0v) is 21.2. The second kappa shape index (κ2) is 8.94. The molecule has 0 amide bonds. The number of nitrogens with zero attached hydrogens (tertiary/aromatic N) is 5. The Balaban J connectivity index is 1.11. The lowest BCUT2D eigenvalue weighted by Gasteiger charge is -2.70. The second-order valence-corrected chi connectivity index (χ2v) is 11.6. The average Bonchev–Trinajstić information content (AvgIpc) is 2.91. The van der Waals surface area contributed by atoms with E-state index in [4.69, 9.17) is 15.7 Å². The van der Waals surface area contributed by atoms with Crippen molar-refractivity contribution < 1.29 is 5.11 Å². The molecule has 6 fully saturated rings. The molecule has 8 heteroatoms. The number of phenols is 1. The third kappa shape index (κ3) is 3.84. The normalized spacial score (nSPS) is 29.1. The van der Waals surface area contributed by atoms with Crippen LogP contribution in [0.15, 0.2) is 42.7 Å². The molecule has 4 unspecified atom stereocenters. The third-order valence-corrected chi connectivity index (χ3v) is 9.86. The van der Waals surface area contributed by atoms with Crippen molar-refractivity contribution in [2.75, 3.05) is 36.8 Å². The fourth-order valence-corrected chi connectivity index (χ4v) is 7.76. The molecule has 2 aromatic heterocycles. The van der Waals surface area contributed by atoms with Gasteiger partial charge in [-0.15, -0.1) is 10.2 Å². The van der Waals surface area contributed by atoms with Gasteiger partial charge in [0.2, 0.25) is 0 Å². The van der Waals surface area contributed by atoms with Crippen LogP contribution < -0.4 is 16.0 Å². The highest BCUT2D eigenvalue weighted by atomic mass is 16.3. The summed E-state index contributed by atoms with van der Waals surface area (Å²) in [5, 5.41) is 22.4. The molecule has 4 aliphatic heterocycles. The van der Waals surface area contributed by atoms with Gasteiger partial charge in [-0.1, -0.05) is 12.1 Å². The van der Waals surface area contributed by atoms with Crippen LogP contribution >= 0.6 is 0 Å². The van der Waals surface area contributed by atoms with E-state index in [1.807, 2.05) is 24.3 Å². The molecule has 37 heavy (non-hydrogen) atoms. The van der Waals surface area contributed by atoms with Crippen LogP contribution in [0, 0.1) is 23.2 Å². The summed E-state index contributed by atoms with van der Waals surface area (Å²) in [6.07, 6.45) is 11.3. The number of aromatic nitrogens is 4. The largest absolute Gasteiger partial charge is 0.507 e. The molecule has 2 aliphatic carbocycles. The second-order valence-electron chi connectivity index (χ2n) is 11.6. The first-order valence-corrected chi connectivity index (χ1v) is 13.8. The molecule has 2 saturated carbocycles. The van der Waals surface area contributed by atoms with E-state index >= 15 is 0 Å². The smallest absolute Gasteiger partial charge is 0.169 e. The number of anilines is 2. The van der Waals surface area contributed by atoms with Crippen LogP contribution in [0.25, 0.3) is 11.3 Å². The molecule has 4 saturated heterocycles. The van der Waals surface area contributed by atoms with Gasteiger partial charge in [0, 0.05) is 37.5 Å². The van der Waals surface area contributed by atoms with Gasteiger partial charge >= 0.3 is 0 Å². The van der Waals surface area contributed by atoms with E-state index in [1.54, 1.807) is 6.07 Å². The minimum Gasteiger partial charge on any atom is -0.507 e. The van der Waals surface area contributed by atoms with E-state index in [1.165, 1.54) is 37.7 Å². The molecule has 6 heterocycles. The van der Waals surface area contributed by atoms with Gasteiger partial charge in [0.25, 0.3) is 0 Å². The molecule has 9 rings (SSSR count). The molecule has 6 aliphatic rings. The van der Waals surface area contributed by atoms with Crippen LogP contribution in [0.1, 0.15) is 49.4 Å². The molecule has 4 atom stereocenters. The third-order valence-electron chi connectivity index (χ3n) is 9.86. The molecular weight excluding hydrogens is 462 g/mol. The van der Waals surface area contributed by atoms with Gasteiger partial charge in [-0.05, 0) is 98.0 Å². The lowest BCUT2D eigenvalue weighted by molar-refractivity contribution is -0.195. The van der Waals surface area contributed by atoms with Crippen LogP contribution in [0.4, 0.5) is 11.5 Å². The summed E-state index contributed by atoms with van der Waals surface area (Å²) < 4.78 is 0. The first-order chi connectivity index (χ1) is 18.1. The number of aromatic hydroxyl groups is 1. The zero-order chi connectivity index (χ0) is 25.0. The van der Waals surface area contributed by atoms with Gasteiger partial charge in [0.05, 0.1) is 11.4 Å². The SMILES string of the molecule is Nc1nnc(-c2ccccc2O)cc1N1CCC2CC3(Cc4ncc(C5CCNCC5)cn4)C(CC23)C1. The van der Waals surface area contributed by atoms with Crippen molar-refractivity contribution in [1.29, 1.82) is 0 Å². The maximum absolute atomic E-state index is 10.3. The van der Waals surface area contributed by atoms with Crippen molar-refractivity contribution >= 4 is 11.5 Å². The lowest BCUT2D eigenvalue weighted by atomic mass is 9.36. The number of nitrogens with two attached hydrogens (primary N) is 1. The molecule has 1 aromatic carbocycles. The van der Waals surface area contributed by atoms with E-state index in [0.717, 1.165) is 55.9 Å². The first-order valence-electron chi connectivity index (χ1n) is 13.8. The van der Waals surface area contributed by atoms with E-state index in [9.17, 15) is 5.11 Å². The Morgan fingerprint density at radius 3 is 2.68 bits per heavy atom. The molecule has 3 aromatic rings.